The van der Waals surface area contributed by atoms with Crippen molar-refractivity contribution in [1.29, 1.82) is 0 Å². The molecule has 0 aliphatic rings. The second-order valence-corrected chi connectivity index (χ2v) is 2.66. The van der Waals surface area contributed by atoms with E-state index in [-0.39, 0.29) is 16.2 Å². The molecule has 0 heterocycles. The van der Waals surface area contributed by atoms with Gasteiger partial charge in [0.1, 0.15) is 5.75 Å². The lowest BCUT2D eigenvalue weighted by atomic mass is 9.80. The summed E-state index contributed by atoms with van der Waals surface area (Å²) in [6.45, 7) is 0. The zero-order valence-electron chi connectivity index (χ0n) is 6.35. The van der Waals surface area contributed by atoms with E-state index in [1.807, 2.05) is 0 Å². The highest BCUT2D eigenvalue weighted by atomic mass is 35.5. The third-order valence-corrected chi connectivity index (χ3v) is 1.74. The van der Waals surface area contributed by atoms with Gasteiger partial charge in [0.15, 0.2) is 0 Å². The quantitative estimate of drug-likeness (QED) is 0.384. The number of aromatic hydroxyl groups is 1. The first-order valence-corrected chi connectivity index (χ1v) is 3.65. The molecule has 0 aromatic heterocycles. The van der Waals surface area contributed by atoms with Gasteiger partial charge in [0.2, 0.25) is 0 Å². The van der Waals surface area contributed by atoms with Gasteiger partial charge in [-0.05, 0) is 17.6 Å². The van der Waals surface area contributed by atoms with Crippen LogP contribution in [-0.2, 0) is 9.61 Å². The average molecular weight is 204 g/mol. The summed E-state index contributed by atoms with van der Waals surface area (Å²) in [5.41, 5.74) is 0.271. The molecule has 0 aliphatic heterocycles. The number of phenols is 1. The summed E-state index contributed by atoms with van der Waals surface area (Å²) >= 11 is 5.55. The van der Waals surface area contributed by atoms with Crippen LogP contribution in [0.4, 0.5) is 0 Å². The van der Waals surface area contributed by atoms with Crippen LogP contribution in [0, 0.1) is 0 Å². The Morgan fingerprint density at radius 2 is 1.85 bits per heavy atom. The summed E-state index contributed by atoms with van der Waals surface area (Å²) in [4.78, 5) is 7.54. The predicted octanol–water partition coefficient (Wildman–Crippen LogP) is 0.720. The fraction of sp³-hybridized carbons (Fsp3) is 0. The largest absolute Gasteiger partial charge is 0.554 e. The minimum atomic E-state index is -1.34. The fourth-order valence-corrected chi connectivity index (χ4v) is 1.000. The summed E-state index contributed by atoms with van der Waals surface area (Å²) in [5.74, 6) is -0.111. The molecule has 0 saturated heterocycles. The Morgan fingerprint density at radius 3 is 2.31 bits per heavy atom. The number of phenolic OH excluding ortho intramolecular Hbond substituents is 1. The Labute approximate surface area is 79.1 Å². The third-order valence-electron chi connectivity index (χ3n) is 1.44. The Balaban J connectivity index is 2.95. The van der Waals surface area contributed by atoms with Crippen molar-refractivity contribution in [2.75, 3.05) is 0 Å². The van der Waals surface area contributed by atoms with Crippen LogP contribution in [0.15, 0.2) is 18.2 Å². The van der Waals surface area contributed by atoms with Gasteiger partial charge in [-0.3, -0.25) is 20.1 Å². The molecule has 3 N–H and O–H groups in total. The highest BCUT2D eigenvalue weighted by Gasteiger charge is 2.22. The molecular formula is C6H6BClO5. The van der Waals surface area contributed by atoms with E-state index in [2.05, 4.69) is 9.61 Å². The molecule has 5 nitrogen and oxygen atoms in total. The number of hydrogen-bond acceptors (Lipinski definition) is 5. The van der Waals surface area contributed by atoms with Gasteiger partial charge in [-0.25, -0.2) is 0 Å². The zero-order valence-corrected chi connectivity index (χ0v) is 7.10. The lowest BCUT2D eigenvalue weighted by molar-refractivity contribution is -0.221. The van der Waals surface area contributed by atoms with E-state index in [1.54, 1.807) is 0 Å². The Bertz CT molecular complexity index is 290. The van der Waals surface area contributed by atoms with Crippen molar-refractivity contribution >= 4 is 24.2 Å². The molecule has 1 aromatic rings. The van der Waals surface area contributed by atoms with Gasteiger partial charge >= 0.3 is 7.12 Å². The number of hydrogen-bond donors (Lipinski definition) is 3. The molecule has 7 heteroatoms. The Hall–Kier alpha value is -0.785. The lowest BCUT2D eigenvalue weighted by Crippen LogP contribution is -2.34. The summed E-state index contributed by atoms with van der Waals surface area (Å²) < 4.78 is 0. The molecule has 0 radical (unpaired) electrons. The summed E-state index contributed by atoms with van der Waals surface area (Å²) in [6.07, 6.45) is 0. The maximum Gasteiger partial charge on any atom is 0.554 e. The molecule has 0 atom stereocenters. The molecule has 0 aliphatic carbocycles. The van der Waals surface area contributed by atoms with Crippen molar-refractivity contribution in [2.24, 2.45) is 0 Å². The number of halogens is 1. The highest BCUT2D eigenvalue weighted by Crippen LogP contribution is 2.20. The first kappa shape index (κ1) is 10.3. The van der Waals surface area contributed by atoms with Gasteiger partial charge in [-0.1, -0.05) is 17.7 Å². The molecule has 1 rings (SSSR count). The van der Waals surface area contributed by atoms with Crippen molar-refractivity contribution in [3.63, 3.8) is 0 Å². The highest BCUT2D eigenvalue weighted by molar-refractivity contribution is 6.61. The standard InChI is InChI=1S/C6H6BClO5/c8-5-3-4(1-2-6(5)9)7(12-10)13-11/h1-3,9-11H. The molecule has 0 fully saturated rings. The summed E-state index contributed by atoms with van der Waals surface area (Å²) in [7, 11) is -1.34. The van der Waals surface area contributed by atoms with Crippen molar-refractivity contribution < 1.29 is 25.2 Å². The maximum absolute atomic E-state index is 9.03. The zero-order chi connectivity index (χ0) is 9.84. The molecule has 1 aromatic carbocycles. The predicted molar refractivity (Wildman–Crippen MR) is 45.9 cm³/mol. The second kappa shape index (κ2) is 4.45. The SMILES string of the molecule is OOB(OO)c1ccc(O)c(Cl)c1. The van der Waals surface area contributed by atoms with Crippen LogP contribution in [-0.4, -0.2) is 22.7 Å². The normalized spacial score (nSPS) is 10.1. The van der Waals surface area contributed by atoms with Gasteiger partial charge in [0, 0.05) is 0 Å². The van der Waals surface area contributed by atoms with Crippen molar-refractivity contribution in [3.8, 4) is 5.75 Å². The van der Waals surface area contributed by atoms with E-state index in [9.17, 15) is 0 Å². The summed E-state index contributed by atoms with van der Waals surface area (Å²) in [5, 5.41) is 25.6. The first-order valence-electron chi connectivity index (χ1n) is 3.28. The van der Waals surface area contributed by atoms with Gasteiger partial charge in [0.05, 0.1) is 5.02 Å². The molecule has 70 valence electrons. The van der Waals surface area contributed by atoms with E-state index in [1.165, 1.54) is 18.2 Å². The molecule has 13 heavy (non-hydrogen) atoms. The van der Waals surface area contributed by atoms with Gasteiger partial charge < -0.3 is 5.11 Å². The van der Waals surface area contributed by atoms with E-state index >= 15 is 0 Å². The molecule has 0 spiro atoms. The summed E-state index contributed by atoms with van der Waals surface area (Å²) in [6, 6.07) is 3.94. The van der Waals surface area contributed by atoms with E-state index < -0.39 is 7.12 Å². The molecular weight excluding hydrogens is 198 g/mol. The van der Waals surface area contributed by atoms with Crippen molar-refractivity contribution in [2.45, 2.75) is 0 Å². The maximum atomic E-state index is 9.03. The first-order chi connectivity index (χ1) is 6.19. The molecule has 0 bridgehead atoms. The van der Waals surface area contributed by atoms with Crippen LogP contribution in [0.25, 0.3) is 0 Å². The topological polar surface area (TPSA) is 79.2 Å². The van der Waals surface area contributed by atoms with Crippen LogP contribution >= 0.6 is 11.6 Å². The van der Waals surface area contributed by atoms with Crippen LogP contribution in [0.3, 0.4) is 0 Å². The van der Waals surface area contributed by atoms with Gasteiger partial charge in [0.25, 0.3) is 0 Å². The minimum Gasteiger partial charge on any atom is -0.506 e. The van der Waals surface area contributed by atoms with Crippen LogP contribution in [0.5, 0.6) is 5.75 Å². The van der Waals surface area contributed by atoms with Gasteiger partial charge in [-0.2, -0.15) is 0 Å². The van der Waals surface area contributed by atoms with Crippen molar-refractivity contribution in [3.05, 3.63) is 23.2 Å². The Morgan fingerprint density at radius 1 is 1.23 bits per heavy atom. The van der Waals surface area contributed by atoms with E-state index in [4.69, 9.17) is 27.2 Å². The molecule has 0 unspecified atom stereocenters. The molecule has 0 saturated carbocycles. The average Bonchev–Trinajstić information content (AvgIpc) is 2.13. The minimum absolute atomic E-state index is 0.0663. The van der Waals surface area contributed by atoms with Crippen LogP contribution in [0.2, 0.25) is 5.02 Å². The fourth-order valence-electron chi connectivity index (χ4n) is 0.811. The number of rotatable bonds is 3. The second-order valence-electron chi connectivity index (χ2n) is 2.25. The van der Waals surface area contributed by atoms with Gasteiger partial charge in [-0.15, -0.1) is 0 Å². The lowest BCUT2D eigenvalue weighted by Gasteiger charge is -2.05. The van der Waals surface area contributed by atoms with E-state index in [0.29, 0.717) is 0 Å². The van der Waals surface area contributed by atoms with E-state index in [0.717, 1.165) is 0 Å². The molecule has 0 amide bonds. The van der Waals surface area contributed by atoms with Crippen molar-refractivity contribution in [1.82, 2.24) is 0 Å². The Kier molecular flexibility index (Phi) is 3.53. The van der Waals surface area contributed by atoms with Crippen LogP contribution < -0.4 is 5.46 Å². The monoisotopic (exact) mass is 204 g/mol. The van der Waals surface area contributed by atoms with Crippen LogP contribution in [0.1, 0.15) is 0 Å². The smallest absolute Gasteiger partial charge is 0.506 e. The third kappa shape index (κ3) is 2.33. The number of benzene rings is 1.